The SMILES string of the molecule is O=C(N[C@@H]1CCC[C@@H](N2CCCC2)[C@@H]1O)c1cccc2cccnc12. The number of pyridine rings is 1. The van der Waals surface area contributed by atoms with E-state index in [1.807, 2.05) is 24.3 Å². The summed E-state index contributed by atoms with van der Waals surface area (Å²) < 4.78 is 0. The smallest absolute Gasteiger partial charge is 0.253 e. The monoisotopic (exact) mass is 339 g/mol. The van der Waals surface area contributed by atoms with Gasteiger partial charge in [-0.1, -0.05) is 18.2 Å². The number of benzene rings is 1. The second-order valence-corrected chi connectivity index (χ2v) is 7.19. The Hall–Kier alpha value is -1.98. The Labute approximate surface area is 148 Å². The standard InChI is InChI=1S/C20H25N3O2/c24-19-16(9-4-10-17(19)23-12-1-2-13-23)22-20(25)15-8-3-6-14-7-5-11-21-18(14)15/h3,5-8,11,16-17,19,24H,1-2,4,9-10,12-13H2,(H,22,25)/t16-,17-,19-/m1/s1. The molecule has 4 rings (SSSR count). The van der Waals surface area contributed by atoms with Gasteiger partial charge in [-0.3, -0.25) is 14.7 Å². The molecular formula is C20H25N3O2. The summed E-state index contributed by atoms with van der Waals surface area (Å²) in [6.45, 7) is 2.13. The van der Waals surface area contributed by atoms with Gasteiger partial charge >= 0.3 is 0 Å². The van der Waals surface area contributed by atoms with Crippen molar-refractivity contribution in [2.75, 3.05) is 13.1 Å². The van der Waals surface area contributed by atoms with Crippen molar-refractivity contribution in [3.63, 3.8) is 0 Å². The van der Waals surface area contributed by atoms with Crippen molar-refractivity contribution in [1.29, 1.82) is 0 Å². The van der Waals surface area contributed by atoms with E-state index >= 15 is 0 Å². The number of likely N-dealkylation sites (tertiary alicyclic amines) is 1. The molecule has 0 unspecified atom stereocenters. The van der Waals surface area contributed by atoms with Crippen LogP contribution in [0.5, 0.6) is 0 Å². The van der Waals surface area contributed by atoms with E-state index in [0.717, 1.165) is 37.7 Å². The van der Waals surface area contributed by atoms with E-state index < -0.39 is 6.10 Å². The molecule has 2 aromatic rings. The van der Waals surface area contributed by atoms with Crippen molar-refractivity contribution < 1.29 is 9.90 Å². The number of fused-ring (bicyclic) bond motifs is 1. The van der Waals surface area contributed by atoms with E-state index in [0.29, 0.717) is 11.1 Å². The molecule has 0 bridgehead atoms. The van der Waals surface area contributed by atoms with Crippen LogP contribution in [-0.4, -0.2) is 52.2 Å². The van der Waals surface area contributed by atoms with Gasteiger partial charge in [0.2, 0.25) is 0 Å². The highest BCUT2D eigenvalue weighted by molar-refractivity contribution is 6.05. The normalized spacial score (nSPS) is 27.5. The summed E-state index contributed by atoms with van der Waals surface area (Å²) in [6.07, 6.45) is 6.51. The van der Waals surface area contributed by atoms with Gasteiger partial charge in [0.25, 0.3) is 5.91 Å². The van der Waals surface area contributed by atoms with Gasteiger partial charge in [-0.25, -0.2) is 0 Å². The third-order valence-electron chi connectivity index (χ3n) is 5.63. The van der Waals surface area contributed by atoms with Crippen LogP contribution >= 0.6 is 0 Å². The van der Waals surface area contributed by atoms with Crippen LogP contribution in [0.1, 0.15) is 42.5 Å². The molecule has 1 aromatic carbocycles. The number of nitrogens with zero attached hydrogens (tertiary/aromatic N) is 2. The van der Waals surface area contributed by atoms with Gasteiger partial charge in [-0.15, -0.1) is 0 Å². The van der Waals surface area contributed by atoms with Crippen molar-refractivity contribution in [2.24, 2.45) is 0 Å². The first kappa shape index (κ1) is 16.5. The minimum Gasteiger partial charge on any atom is -0.389 e. The average molecular weight is 339 g/mol. The summed E-state index contributed by atoms with van der Waals surface area (Å²) in [6, 6.07) is 9.45. The van der Waals surface area contributed by atoms with Crippen molar-refractivity contribution in [3.05, 3.63) is 42.1 Å². The average Bonchev–Trinajstić information content (AvgIpc) is 3.17. The molecule has 5 heteroatoms. The van der Waals surface area contributed by atoms with E-state index in [1.54, 1.807) is 12.3 Å². The van der Waals surface area contributed by atoms with Gasteiger partial charge in [0, 0.05) is 17.6 Å². The third kappa shape index (κ3) is 3.26. The highest BCUT2D eigenvalue weighted by atomic mass is 16.3. The van der Waals surface area contributed by atoms with Crippen LogP contribution in [0.2, 0.25) is 0 Å². The molecule has 1 saturated carbocycles. The summed E-state index contributed by atoms with van der Waals surface area (Å²) in [5.74, 6) is -0.143. The quantitative estimate of drug-likeness (QED) is 0.901. The Morgan fingerprint density at radius 3 is 2.76 bits per heavy atom. The fourth-order valence-electron chi connectivity index (χ4n) is 4.32. The number of aliphatic hydroxyl groups is 1. The molecule has 2 heterocycles. The Morgan fingerprint density at radius 1 is 1.12 bits per heavy atom. The van der Waals surface area contributed by atoms with Gasteiger partial charge in [0.15, 0.2) is 0 Å². The number of hydrogen-bond donors (Lipinski definition) is 2. The molecule has 1 saturated heterocycles. The van der Waals surface area contributed by atoms with Crippen molar-refractivity contribution >= 4 is 16.8 Å². The number of amides is 1. The Bertz CT molecular complexity index is 752. The van der Waals surface area contributed by atoms with Crippen molar-refractivity contribution in [2.45, 2.75) is 50.3 Å². The predicted molar refractivity (Wildman–Crippen MR) is 97.5 cm³/mol. The first-order valence-electron chi connectivity index (χ1n) is 9.31. The molecule has 1 amide bonds. The highest BCUT2D eigenvalue weighted by Crippen LogP contribution is 2.27. The maximum atomic E-state index is 12.8. The number of rotatable bonds is 3. The van der Waals surface area contributed by atoms with Crippen LogP contribution in [0.4, 0.5) is 0 Å². The third-order valence-corrected chi connectivity index (χ3v) is 5.63. The second-order valence-electron chi connectivity index (χ2n) is 7.19. The molecule has 2 fully saturated rings. The second kappa shape index (κ2) is 7.10. The van der Waals surface area contributed by atoms with Crippen molar-refractivity contribution in [1.82, 2.24) is 15.2 Å². The zero-order valence-corrected chi connectivity index (χ0v) is 14.4. The lowest BCUT2D eigenvalue weighted by Gasteiger charge is -2.40. The maximum absolute atomic E-state index is 12.8. The summed E-state index contributed by atoms with van der Waals surface area (Å²) in [7, 11) is 0. The molecule has 25 heavy (non-hydrogen) atoms. The topological polar surface area (TPSA) is 65.5 Å². The first-order valence-corrected chi connectivity index (χ1v) is 9.31. The first-order chi connectivity index (χ1) is 12.2. The minimum atomic E-state index is -0.501. The molecule has 1 aromatic heterocycles. The number of nitrogens with one attached hydrogen (secondary N) is 1. The zero-order chi connectivity index (χ0) is 17.2. The Balaban J connectivity index is 1.51. The molecular weight excluding hydrogens is 314 g/mol. The van der Waals surface area contributed by atoms with E-state index in [9.17, 15) is 9.90 Å². The fraction of sp³-hybridized carbons (Fsp3) is 0.500. The van der Waals surface area contributed by atoms with E-state index in [-0.39, 0.29) is 18.0 Å². The number of aliphatic hydroxyl groups excluding tert-OH is 1. The van der Waals surface area contributed by atoms with E-state index in [2.05, 4.69) is 15.2 Å². The van der Waals surface area contributed by atoms with Crippen LogP contribution in [0.15, 0.2) is 36.5 Å². The number of hydrogen-bond acceptors (Lipinski definition) is 4. The molecule has 2 aliphatic rings. The van der Waals surface area contributed by atoms with Crippen LogP contribution < -0.4 is 5.32 Å². The molecule has 132 valence electrons. The number of para-hydroxylation sites is 1. The summed E-state index contributed by atoms with van der Waals surface area (Å²) in [4.78, 5) is 19.6. The maximum Gasteiger partial charge on any atom is 0.253 e. The lowest BCUT2D eigenvalue weighted by molar-refractivity contribution is 0.00706. The zero-order valence-electron chi connectivity index (χ0n) is 14.4. The summed E-state index contributed by atoms with van der Waals surface area (Å²) >= 11 is 0. The predicted octanol–water partition coefficient (Wildman–Crippen LogP) is 2.34. The number of carbonyl (C=O) groups is 1. The molecule has 3 atom stereocenters. The van der Waals surface area contributed by atoms with Gasteiger partial charge in [0.1, 0.15) is 0 Å². The summed E-state index contributed by atoms with van der Waals surface area (Å²) in [5.41, 5.74) is 1.29. The highest BCUT2D eigenvalue weighted by Gasteiger charge is 2.37. The lowest BCUT2D eigenvalue weighted by Crippen LogP contribution is -2.56. The minimum absolute atomic E-state index is 0.143. The van der Waals surface area contributed by atoms with Crippen LogP contribution in [-0.2, 0) is 0 Å². The van der Waals surface area contributed by atoms with Crippen LogP contribution in [0, 0.1) is 0 Å². The van der Waals surface area contributed by atoms with Crippen LogP contribution in [0.25, 0.3) is 10.9 Å². The van der Waals surface area contributed by atoms with E-state index in [4.69, 9.17) is 0 Å². The Kier molecular flexibility index (Phi) is 4.68. The molecule has 5 nitrogen and oxygen atoms in total. The molecule has 1 aliphatic heterocycles. The van der Waals surface area contributed by atoms with E-state index in [1.165, 1.54) is 12.8 Å². The lowest BCUT2D eigenvalue weighted by atomic mass is 9.87. The molecule has 2 N–H and O–H groups in total. The molecule has 0 radical (unpaired) electrons. The fourth-order valence-corrected chi connectivity index (χ4v) is 4.32. The Morgan fingerprint density at radius 2 is 1.92 bits per heavy atom. The van der Waals surface area contributed by atoms with Gasteiger partial charge in [-0.2, -0.15) is 0 Å². The molecule has 1 aliphatic carbocycles. The molecule has 0 spiro atoms. The van der Waals surface area contributed by atoms with Gasteiger partial charge < -0.3 is 10.4 Å². The van der Waals surface area contributed by atoms with Crippen molar-refractivity contribution in [3.8, 4) is 0 Å². The number of aromatic nitrogens is 1. The number of carbonyl (C=O) groups excluding carboxylic acids is 1. The van der Waals surface area contributed by atoms with Gasteiger partial charge in [0.05, 0.1) is 23.2 Å². The largest absolute Gasteiger partial charge is 0.389 e. The van der Waals surface area contributed by atoms with Gasteiger partial charge in [-0.05, 0) is 57.3 Å². The summed E-state index contributed by atoms with van der Waals surface area (Å²) in [5, 5.41) is 14.9. The van der Waals surface area contributed by atoms with Crippen LogP contribution in [0.3, 0.4) is 0 Å².